The summed E-state index contributed by atoms with van der Waals surface area (Å²) in [5.74, 6) is 0. The van der Waals surface area contributed by atoms with Gasteiger partial charge in [0, 0.05) is 0 Å². The molecule has 5 rings (SSSR count). The van der Waals surface area contributed by atoms with E-state index in [-0.39, 0.29) is 0 Å². The second kappa shape index (κ2) is 12.2. The van der Waals surface area contributed by atoms with Crippen LogP contribution in [-0.2, 0) is 30.3 Å². The summed E-state index contributed by atoms with van der Waals surface area (Å²) in [6.45, 7) is 3.73. The molecule has 0 atom stereocenters. The molecule has 0 fully saturated rings. The Hall–Kier alpha value is -2.51. The van der Waals surface area contributed by atoms with E-state index in [1.165, 1.54) is 34.2 Å². The molecule has 1 aliphatic carbocycles. The molecule has 0 aromatic heterocycles. The summed E-state index contributed by atoms with van der Waals surface area (Å²) >= 11 is 1.16. The number of fused-ring (bicyclic) bond motifs is 3. The predicted molar refractivity (Wildman–Crippen MR) is 126 cm³/mol. The second-order valence-electron chi connectivity index (χ2n) is 7.03. The van der Waals surface area contributed by atoms with Gasteiger partial charge in [0.25, 0.3) is 0 Å². The Bertz CT molecular complexity index is 982. The molecule has 4 aromatic carbocycles. The molecular formula is C29H26Hf. The molecule has 1 aliphatic rings. The van der Waals surface area contributed by atoms with Crippen LogP contribution >= 0.6 is 0 Å². The topological polar surface area (TPSA) is 0 Å². The van der Waals surface area contributed by atoms with Gasteiger partial charge in [0.15, 0.2) is 0 Å². The molecule has 0 aliphatic heterocycles. The minimum absolute atomic E-state index is 1.05. The first kappa shape index (κ1) is 22.2. The molecule has 0 heterocycles. The average molecular weight is 553 g/mol. The smallest absolute Gasteiger partial charge is 0.0253 e. The van der Waals surface area contributed by atoms with Crippen LogP contribution in [0.25, 0.3) is 11.1 Å². The Kier molecular flexibility index (Phi) is 9.05. The number of benzene rings is 3. The summed E-state index contributed by atoms with van der Waals surface area (Å²) in [7, 11) is 0. The van der Waals surface area contributed by atoms with Crippen LogP contribution < -0.4 is 0 Å². The first-order valence-electron chi connectivity index (χ1n) is 10.3. The van der Waals surface area contributed by atoms with Gasteiger partial charge in [0.05, 0.1) is 0 Å². The number of allylic oxidation sites excluding steroid dienone is 1. The zero-order valence-corrected chi connectivity index (χ0v) is 20.8. The normalized spacial score (nSPS) is 10.5. The fourth-order valence-corrected chi connectivity index (χ4v) is 4.47. The SMILES string of the molecule is C=CCC[C](=[Hf+2])c1ccccc1.[c-]1cccc2c1Cc1ccccc1-2.c1cc[cH-]c1. The maximum absolute atomic E-state index is 3.73. The van der Waals surface area contributed by atoms with Gasteiger partial charge >= 0.3 is 88.5 Å². The molecule has 0 spiro atoms. The van der Waals surface area contributed by atoms with Crippen LogP contribution in [0.2, 0.25) is 0 Å². The molecule has 0 radical (unpaired) electrons. The van der Waals surface area contributed by atoms with E-state index in [1.54, 1.807) is 3.26 Å². The second-order valence-corrected chi connectivity index (χ2v) is 9.20. The van der Waals surface area contributed by atoms with Gasteiger partial charge in [-0.15, -0.1) is 5.56 Å². The Labute approximate surface area is 195 Å². The van der Waals surface area contributed by atoms with Crippen LogP contribution in [0.1, 0.15) is 29.5 Å². The molecule has 0 saturated carbocycles. The average Bonchev–Trinajstić information content (AvgIpc) is 3.50. The van der Waals surface area contributed by atoms with Crippen molar-refractivity contribution in [2.75, 3.05) is 0 Å². The molecule has 146 valence electrons. The van der Waals surface area contributed by atoms with Gasteiger partial charge < -0.3 is 0 Å². The molecular weight excluding hydrogens is 527 g/mol. The molecule has 0 nitrogen and oxygen atoms in total. The molecule has 0 N–H and O–H groups in total. The van der Waals surface area contributed by atoms with Crippen molar-refractivity contribution in [3.8, 4) is 11.1 Å². The zero-order valence-electron chi connectivity index (χ0n) is 17.2. The number of hydrogen-bond donors (Lipinski definition) is 0. The van der Waals surface area contributed by atoms with Crippen LogP contribution in [0.5, 0.6) is 0 Å². The van der Waals surface area contributed by atoms with Crippen molar-refractivity contribution in [3.05, 3.63) is 139 Å². The van der Waals surface area contributed by atoms with Crippen molar-refractivity contribution >= 4 is 3.26 Å². The summed E-state index contributed by atoms with van der Waals surface area (Å²) in [5.41, 5.74) is 6.92. The maximum atomic E-state index is 3.73. The van der Waals surface area contributed by atoms with Gasteiger partial charge in [-0.05, 0) is 6.42 Å². The van der Waals surface area contributed by atoms with Crippen LogP contribution in [0.15, 0.2) is 116 Å². The third kappa shape index (κ3) is 6.50. The van der Waals surface area contributed by atoms with E-state index in [9.17, 15) is 0 Å². The third-order valence-corrected chi connectivity index (χ3v) is 6.83. The van der Waals surface area contributed by atoms with Crippen LogP contribution in [-0.4, -0.2) is 3.26 Å². The minimum Gasteiger partial charge on any atom is -0.214 e. The fourth-order valence-electron chi connectivity index (χ4n) is 3.35. The van der Waals surface area contributed by atoms with Gasteiger partial charge in [0.1, 0.15) is 0 Å². The van der Waals surface area contributed by atoms with Gasteiger partial charge in [-0.25, -0.2) is 12.1 Å². The largest absolute Gasteiger partial charge is 0.214 e. The number of rotatable bonds is 4. The fraction of sp³-hybridized carbons (Fsp3) is 0.103. The van der Waals surface area contributed by atoms with E-state index in [0.29, 0.717) is 0 Å². The van der Waals surface area contributed by atoms with Gasteiger partial charge in [-0.1, -0.05) is 35.4 Å². The van der Waals surface area contributed by atoms with E-state index < -0.39 is 0 Å². The number of hydrogen-bond acceptors (Lipinski definition) is 0. The maximum Gasteiger partial charge on any atom is -0.0253 e. The standard InChI is InChI=1S/C13H9.C11H12.C5H5.Hf/c1-3-7-12-10(5-1)9-11-6-2-4-8-13(11)12;1-2-3-5-8-11-9-6-4-7-10-11;1-2-4-5-3-1;/h1-5,7-8H,9H2;2,4,6-7,9-10H,1,3,5H2;1-5H;/q-1;;-1;+2. The molecule has 30 heavy (non-hydrogen) atoms. The summed E-state index contributed by atoms with van der Waals surface area (Å²) < 4.78 is 1.58. The minimum atomic E-state index is 1.05. The van der Waals surface area contributed by atoms with Crippen molar-refractivity contribution in [1.82, 2.24) is 0 Å². The van der Waals surface area contributed by atoms with Crippen LogP contribution in [0, 0.1) is 6.07 Å². The van der Waals surface area contributed by atoms with E-state index in [1.807, 2.05) is 42.5 Å². The first-order valence-corrected chi connectivity index (χ1v) is 12.1. The summed E-state index contributed by atoms with van der Waals surface area (Å²) in [5, 5.41) is 0. The Morgan fingerprint density at radius 2 is 1.60 bits per heavy atom. The molecule has 0 unspecified atom stereocenters. The third-order valence-electron chi connectivity index (χ3n) is 4.89. The molecule has 4 aromatic rings. The van der Waals surface area contributed by atoms with Gasteiger partial charge in [-0.2, -0.15) is 48.0 Å². The monoisotopic (exact) mass is 554 g/mol. The van der Waals surface area contributed by atoms with Crippen molar-refractivity contribution in [2.24, 2.45) is 0 Å². The van der Waals surface area contributed by atoms with Crippen LogP contribution in [0.3, 0.4) is 0 Å². The van der Waals surface area contributed by atoms with E-state index in [2.05, 4.69) is 79.4 Å². The van der Waals surface area contributed by atoms with E-state index >= 15 is 0 Å². The quantitative estimate of drug-likeness (QED) is 0.126. The molecule has 0 saturated heterocycles. The molecule has 0 bridgehead atoms. The zero-order chi connectivity index (χ0) is 21.0. The van der Waals surface area contributed by atoms with Crippen molar-refractivity contribution in [3.63, 3.8) is 0 Å². The Morgan fingerprint density at radius 1 is 0.900 bits per heavy atom. The van der Waals surface area contributed by atoms with Gasteiger partial charge in [0.2, 0.25) is 0 Å². The van der Waals surface area contributed by atoms with Crippen molar-refractivity contribution in [1.29, 1.82) is 0 Å². The molecule has 1 heteroatoms. The van der Waals surface area contributed by atoms with E-state index in [0.717, 1.165) is 36.7 Å². The first-order chi connectivity index (χ1) is 14.8. The summed E-state index contributed by atoms with van der Waals surface area (Å²) in [6.07, 6.45) is 5.32. The Morgan fingerprint density at radius 3 is 2.30 bits per heavy atom. The molecule has 0 amide bonds. The van der Waals surface area contributed by atoms with E-state index in [4.69, 9.17) is 0 Å². The summed E-state index contributed by atoms with van der Waals surface area (Å²) in [6, 6.07) is 38.7. The van der Waals surface area contributed by atoms with Crippen molar-refractivity contribution in [2.45, 2.75) is 19.3 Å². The predicted octanol–water partition coefficient (Wildman–Crippen LogP) is 7.18. The van der Waals surface area contributed by atoms with Crippen LogP contribution in [0.4, 0.5) is 0 Å². The van der Waals surface area contributed by atoms with Gasteiger partial charge in [-0.3, -0.25) is 0 Å². The Balaban J connectivity index is 0.000000140. The van der Waals surface area contributed by atoms with Crippen molar-refractivity contribution < 1.29 is 23.9 Å². The summed E-state index contributed by atoms with van der Waals surface area (Å²) in [4.78, 5) is 0.